The largest absolute Gasteiger partial charge is 0.478 e. The van der Waals surface area contributed by atoms with E-state index >= 15 is 0 Å². The molecule has 0 aliphatic heterocycles. The van der Waals surface area contributed by atoms with Gasteiger partial charge in [-0.05, 0) is 58.4 Å². The molecule has 2 rings (SSSR count). The van der Waals surface area contributed by atoms with Crippen molar-refractivity contribution in [2.45, 2.75) is 4.90 Å². The first-order valence-electron chi connectivity index (χ1n) is 5.61. The number of sulfonamides is 1. The van der Waals surface area contributed by atoms with Crippen molar-refractivity contribution in [1.82, 2.24) is 0 Å². The Morgan fingerprint density at radius 1 is 1.14 bits per heavy atom. The minimum Gasteiger partial charge on any atom is -0.478 e. The number of nitrogens with one attached hydrogen (secondary N) is 1. The first kappa shape index (κ1) is 15.5. The van der Waals surface area contributed by atoms with Crippen molar-refractivity contribution in [2.75, 3.05) is 4.72 Å². The number of anilines is 1. The maximum atomic E-state index is 12.8. The van der Waals surface area contributed by atoms with Crippen LogP contribution >= 0.6 is 15.9 Å². The molecule has 0 bridgehead atoms. The van der Waals surface area contributed by atoms with Crippen molar-refractivity contribution < 1.29 is 22.7 Å². The van der Waals surface area contributed by atoms with Gasteiger partial charge in [-0.3, -0.25) is 4.72 Å². The Morgan fingerprint density at radius 2 is 1.76 bits per heavy atom. The fourth-order valence-corrected chi connectivity index (χ4v) is 3.62. The molecule has 2 aromatic carbocycles. The van der Waals surface area contributed by atoms with Gasteiger partial charge in [0.1, 0.15) is 10.7 Å². The van der Waals surface area contributed by atoms with E-state index in [1.165, 1.54) is 24.3 Å². The van der Waals surface area contributed by atoms with E-state index in [0.29, 0.717) is 0 Å². The Morgan fingerprint density at radius 3 is 2.33 bits per heavy atom. The van der Waals surface area contributed by atoms with Crippen LogP contribution in [0.1, 0.15) is 10.4 Å². The lowest BCUT2D eigenvalue weighted by atomic mass is 10.2. The Kier molecular flexibility index (Phi) is 4.29. The van der Waals surface area contributed by atoms with Gasteiger partial charge >= 0.3 is 5.97 Å². The number of aromatic carboxylic acids is 1. The van der Waals surface area contributed by atoms with Crippen molar-refractivity contribution in [3.8, 4) is 0 Å². The molecule has 2 aromatic rings. The van der Waals surface area contributed by atoms with Crippen LogP contribution in [0.3, 0.4) is 0 Å². The molecule has 0 radical (unpaired) electrons. The number of carboxylic acid groups (broad SMARTS) is 1. The molecule has 2 N–H and O–H groups in total. The van der Waals surface area contributed by atoms with E-state index in [9.17, 15) is 17.6 Å². The first-order valence-corrected chi connectivity index (χ1v) is 7.88. The third kappa shape index (κ3) is 3.59. The maximum Gasteiger partial charge on any atom is 0.335 e. The molecular weight excluding hydrogens is 365 g/mol. The molecule has 0 amide bonds. The maximum absolute atomic E-state index is 12.8. The van der Waals surface area contributed by atoms with Gasteiger partial charge in [0.15, 0.2) is 0 Å². The van der Waals surface area contributed by atoms with E-state index in [1.807, 2.05) is 0 Å². The molecule has 21 heavy (non-hydrogen) atoms. The molecule has 0 fully saturated rings. The fraction of sp³-hybridized carbons (Fsp3) is 0. The lowest BCUT2D eigenvalue weighted by Crippen LogP contribution is -2.14. The molecule has 0 saturated heterocycles. The first-order chi connectivity index (χ1) is 9.79. The predicted octanol–water partition coefficient (Wildman–Crippen LogP) is 3.09. The van der Waals surface area contributed by atoms with Crippen LogP contribution in [0.2, 0.25) is 0 Å². The number of hydrogen-bond donors (Lipinski definition) is 2. The van der Waals surface area contributed by atoms with Crippen molar-refractivity contribution in [3.63, 3.8) is 0 Å². The van der Waals surface area contributed by atoms with Crippen LogP contribution in [-0.4, -0.2) is 19.5 Å². The summed E-state index contributed by atoms with van der Waals surface area (Å²) in [4.78, 5) is 10.7. The summed E-state index contributed by atoms with van der Waals surface area (Å²) < 4.78 is 39.8. The third-order valence-corrected chi connectivity index (χ3v) is 4.94. The van der Waals surface area contributed by atoms with E-state index in [2.05, 4.69) is 20.7 Å². The summed E-state index contributed by atoms with van der Waals surface area (Å²) in [6, 6.07) is 8.41. The summed E-state index contributed by atoms with van der Waals surface area (Å²) in [7, 11) is -4.00. The van der Waals surface area contributed by atoms with Crippen LogP contribution in [-0.2, 0) is 10.0 Å². The molecule has 0 aliphatic carbocycles. The highest BCUT2D eigenvalue weighted by Gasteiger charge is 2.20. The van der Waals surface area contributed by atoms with Gasteiger partial charge in [0, 0.05) is 10.2 Å². The zero-order valence-corrected chi connectivity index (χ0v) is 12.8. The molecular formula is C13H9BrFNO4S. The average Bonchev–Trinajstić information content (AvgIpc) is 2.41. The Balaban J connectivity index is 2.41. The molecule has 0 spiro atoms. The lowest BCUT2D eigenvalue weighted by molar-refractivity contribution is 0.0696. The molecule has 8 heteroatoms. The molecule has 0 heterocycles. The van der Waals surface area contributed by atoms with Crippen LogP contribution in [0, 0.1) is 5.82 Å². The quantitative estimate of drug-likeness (QED) is 0.862. The topological polar surface area (TPSA) is 83.5 Å². The van der Waals surface area contributed by atoms with Gasteiger partial charge in [-0.1, -0.05) is 0 Å². The number of benzene rings is 2. The van der Waals surface area contributed by atoms with Gasteiger partial charge < -0.3 is 5.11 Å². The highest BCUT2D eigenvalue weighted by Crippen LogP contribution is 2.25. The normalized spacial score (nSPS) is 11.1. The highest BCUT2D eigenvalue weighted by atomic mass is 79.9. The SMILES string of the molecule is O=C(O)c1ccc(Br)c(S(=O)(=O)Nc2ccc(F)cc2)c1. The number of carbonyl (C=O) groups is 1. The Labute approximate surface area is 128 Å². The number of carboxylic acids is 1. The molecule has 5 nitrogen and oxygen atoms in total. The minimum atomic E-state index is -4.00. The second-order valence-electron chi connectivity index (χ2n) is 4.06. The van der Waals surface area contributed by atoms with Gasteiger partial charge in [-0.25, -0.2) is 17.6 Å². The summed E-state index contributed by atoms with van der Waals surface area (Å²) in [5.41, 5.74) is 0.0155. The van der Waals surface area contributed by atoms with E-state index in [4.69, 9.17) is 5.11 Å². The number of hydrogen-bond acceptors (Lipinski definition) is 3. The molecule has 0 aromatic heterocycles. The second-order valence-corrected chi connectivity index (χ2v) is 6.57. The Bertz CT molecular complexity index is 790. The lowest BCUT2D eigenvalue weighted by Gasteiger charge is -2.10. The summed E-state index contributed by atoms with van der Waals surface area (Å²) in [6.45, 7) is 0. The monoisotopic (exact) mass is 373 g/mol. The molecule has 110 valence electrons. The van der Waals surface area contributed by atoms with E-state index in [1.54, 1.807) is 0 Å². The summed E-state index contributed by atoms with van der Waals surface area (Å²) in [6.07, 6.45) is 0. The summed E-state index contributed by atoms with van der Waals surface area (Å²) in [5.74, 6) is -1.73. The van der Waals surface area contributed by atoms with Crippen LogP contribution in [0.4, 0.5) is 10.1 Å². The zero-order chi connectivity index (χ0) is 15.6. The summed E-state index contributed by atoms with van der Waals surface area (Å²) in [5, 5.41) is 8.91. The highest BCUT2D eigenvalue weighted by molar-refractivity contribution is 9.10. The van der Waals surface area contributed by atoms with Gasteiger partial charge in [-0.15, -0.1) is 0 Å². The van der Waals surface area contributed by atoms with Crippen LogP contribution in [0.25, 0.3) is 0 Å². The van der Waals surface area contributed by atoms with E-state index in [-0.39, 0.29) is 20.6 Å². The minimum absolute atomic E-state index is 0.155. The molecule has 0 aliphatic rings. The van der Waals surface area contributed by atoms with Crippen molar-refractivity contribution in [1.29, 1.82) is 0 Å². The standard InChI is InChI=1S/C13H9BrFNO4S/c14-11-6-1-8(13(17)18)7-12(11)21(19,20)16-10-4-2-9(15)3-5-10/h1-7,16H,(H,17,18). The van der Waals surface area contributed by atoms with Crippen LogP contribution < -0.4 is 4.72 Å². The van der Waals surface area contributed by atoms with Crippen molar-refractivity contribution in [3.05, 3.63) is 58.3 Å². The molecule has 0 unspecified atom stereocenters. The van der Waals surface area contributed by atoms with Gasteiger partial charge in [0.2, 0.25) is 0 Å². The van der Waals surface area contributed by atoms with E-state index < -0.39 is 21.8 Å². The number of rotatable bonds is 4. The average molecular weight is 374 g/mol. The van der Waals surface area contributed by atoms with Crippen molar-refractivity contribution >= 4 is 37.6 Å². The second kappa shape index (κ2) is 5.82. The molecule has 0 atom stereocenters. The smallest absolute Gasteiger partial charge is 0.335 e. The van der Waals surface area contributed by atoms with Crippen molar-refractivity contribution in [2.24, 2.45) is 0 Å². The number of halogens is 2. The van der Waals surface area contributed by atoms with Gasteiger partial charge in [0.05, 0.1) is 5.56 Å². The third-order valence-electron chi connectivity index (χ3n) is 2.56. The zero-order valence-electron chi connectivity index (χ0n) is 10.4. The van der Waals surface area contributed by atoms with Gasteiger partial charge in [-0.2, -0.15) is 0 Å². The van der Waals surface area contributed by atoms with Crippen LogP contribution in [0.15, 0.2) is 51.8 Å². The Hall–Kier alpha value is -1.93. The molecule has 0 saturated carbocycles. The summed E-state index contributed by atoms with van der Waals surface area (Å²) >= 11 is 3.07. The van der Waals surface area contributed by atoms with Gasteiger partial charge in [0.25, 0.3) is 10.0 Å². The van der Waals surface area contributed by atoms with E-state index in [0.717, 1.165) is 18.2 Å². The van der Waals surface area contributed by atoms with Crippen LogP contribution in [0.5, 0.6) is 0 Å². The fourth-order valence-electron chi connectivity index (χ4n) is 1.57. The predicted molar refractivity (Wildman–Crippen MR) is 78.3 cm³/mol.